The molecule has 2 saturated carbocycles. The van der Waals surface area contributed by atoms with Gasteiger partial charge >= 0.3 is 5.97 Å². The Balaban J connectivity index is 2.10. The number of hydrogen-bond acceptors (Lipinski definition) is 2. The highest BCUT2D eigenvalue weighted by Gasteiger charge is 2.45. The maximum atomic E-state index is 11.8. The molecule has 2 aliphatic rings. The van der Waals surface area contributed by atoms with E-state index in [1.165, 1.54) is 25.7 Å². The molecule has 0 spiro atoms. The number of fused-ring (bicyclic) bond motifs is 2. The molecule has 0 unspecified atom stereocenters. The van der Waals surface area contributed by atoms with E-state index in [0.717, 1.165) is 31.1 Å². The van der Waals surface area contributed by atoms with Gasteiger partial charge in [-0.3, -0.25) is 0 Å². The first-order valence-corrected chi connectivity index (χ1v) is 6.93. The molecule has 96 valence electrons. The van der Waals surface area contributed by atoms with Crippen molar-refractivity contribution in [3.8, 4) is 0 Å². The molecule has 0 heterocycles. The van der Waals surface area contributed by atoms with E-state index in [9.17, 15) is 4.79 Å². The Morgan fingerprint density at radius 1 is 1.47 bits per heavy atom. The Morgan fingerprint density at radius 2 is 2.24 bits per heavy atom. The van der Waals surface area contributed by atoms with E-state index in [1.807, 2.05) is 0 Å². The van der Waals surface area contributed by atoms with E-state index in [4.69, 9.17) is 4.74 Å². The molecule has 0 amide bonds. The van der Waals surface area contributed by atoms with Crippen LogP contribution in [0, 0.1) is 11.8 Å². The molecule has 0 radical (unpaired) electrons. The van der Waals surface area contributed by atoms with Gasteiger partial charge < -0.3 is 4.74 Å². The van der Waals surface area contributed by atoms with Crippen LogP contribution in [0.2, 0.25) is 0 Å². The van der Waals surface area contributed by atoms with Crippen molar-refractivity contribution in [2.45, 2.75) is 64.4 Å². The van der Waals surface area contributed by atoms with E-state index in [2.05, 4.69) is 13.5 Å². The van der Waals surface area contributed by atoms with Crippen molar-refractivity contribution in [1.29, 1.82) is 0 Å². The zero-order valence-corrected chi connectivity index (χ0v) is 11.1. The lowest BCUT2D eigenvalue weighted by atomic mass is 9.64. The molecule has 2 fully saturated rings. The average Bonchev–Trinajstić information content (AvgIpc) is 2.27. The summed E-state index contributed by atoms with van der Waals surface area (Å²) in [5.74, 6) is 1.33. The lowest BCUT2D eigenvalue weighted by Gasteiger charge is -2.47. The minimum Gasteiger partial charge on any atom is -0.456 e. The quantitative estimate of drug-likeness (QED) is 0.549. The number of ether oxygens (including phenoxy) is 1. The van der Waals surface area contributed by atoms with E-state index in [1.54, 1.807) is 6.92 Å². The van der Waals surface area contributed by atoms with Gasteiger partial charge in [-0.05, 0) is 50.9 Å². The zero-order chi connectivity index (χ0) is 12.5. The summed E-state index contributed by atoms with van der Waals surface area (Å²) < 4.78 is 5.80. The maximum absolute atomic E-state index is 11.8. The molecule has 0 aromatic heterocycles. The van der Waals surface area contributed by atoms with Crippen LogP contribution in [0.3, 0.4) is 0 Å². The first-order chi connectivity index (χ1) is 8.04. The molecular formula is C15H24O2. The monoisotopic (exact) mass is 236 g/mol. The molecule has 2 rings (SSSR count). The van der Waals surface area contributed by atoms with Gasteiger partial charge in [0.15, 0.2) is 0 Å². The Kier molecular flexibility index (Phi) is 3.60. The number of esters is 1. The Labute approximate surface area is 104 Å². The van der Waals surface area contributed by atoms with Crippen molar-refractivity contribution < 1.29 is 9.53 Å². The van der Waals surface area contributed by atoms with Crippen LogP contribution < -0.4 is 0 Å². The van der Waals surface area contributed by atoms with Crippen molar-refractivity contribution in [2.24, 2.45) is 11.8 Å². The fourth-order valence-corrected chi connectivity index (χ4v) is 3.64. The van der Waals surface area contributed by atoms with E-state index < -0.39 is 0 Å². The fraction of sp³-hybridized carbons (Fsp3) is 0.800. The van der Waals surface area contributed by atoms with Crippen molar-refractivity contribution in [2.75, 3.05) is 0 Å². The molecule has 0 saturated heterocycles. The van der Waals surface area contributed by atoms with Crippen LogP contribution in [0.5, 0.6) is 0 Å². The Hall–Kier alpha value is -0.790. The van der Waals surface area contributed by atoms with Crippen LogP contribution in [-0.4, -0.2) is 11.6 Å². The Bertz CT molecular complexity index is 321. The van der Waals surface area contributed by atoms with E-state index >= 15 is 0 Å². The highest BCUT2D eigenvalue weighted by Crippen LogP contribution is 2.48. The molecular weight excluding hydrogens is 212 g/mol. The van der Waals surface area contributed by atoms with Gasteiger partial charge in [0.25, 0.3) is 0 Å². The first kappa shape index (κ1) is 12.7. The summed E-state index contributed by atoms with van der Waals surface area (Å²) in [7, 11) is 0. The van der Waals surface area contributed by atoms with E-state index in [0.29, 0.717) is 5.57 Å². The zero-order valence-electron chi connectivity index (χ0n) is 11.1. The lowest BCUT2D eigenvalue weighted by Crippen LogP contribution is -2.45. The standard InChI is InChI=1S/C15H24O2/c1-4-12-8-13-6-5-7-15(9-12,10-13)17-14(16)11(2)3/h12-13H,2,4-10H2,1,3H3/t12-,13+,15+/m1/s1. The minimum atomic E-state index is -0.192. The second kappa shape index (κ2) is 4.83. The van der Waals surface area contributed by atoms with Crippen LogP contribution >= 0.6 is 0 Å². The second-order valence-electron chi connectivity index (χ2n) is 6.03. The molecule has 17 heavy (non-hydrogen) atoms. The van der Waals surface area contributed by atoms with Crippen LogP contribution in [0.25, 0.3) is 0 Å². The van der Waals surface area contributed by atoms with Crippen molar-refractivity contribution in [3.05, 3.63) is 12.2 Å². The Morgan fingerprint density at radius 3 is 2.88 bits per heavy atom. The molecule has 0 aromatic rings. The van der Waals surface area contributed by atoms with Gasteiger partial charge in [-0.25, -0.2) is 4.79 Å². The smallest absolute Gasteiger partial charge is 0.333 e. The number of carbonyl (C=O) groups is 1. The maximum Gasteiger partial charge on any atom is 0.333 e. The van der Waals surface area contributed by atoms with Gasteiger partial charge in [-0.15, -0.1) is 0 Å². The number of rotatable bonds is 3. The summed E-state index contributed by atoms with van der Waals surface area (Å²) in [6, 6.07) is 0. The average molecular weight is 236 g/mol. The van der Waals surface area contributed by atoms with Gasteiger partial charge in [0.2, 0.25) is 0 Å². The van der Waals surface area contributed by atoms with Crippen LogP contribution in [0.4, 0.5) is 0 Å². The SMILES string of the molecule is C=C(C)C(=O)O[C@@]12CCC[C@@H](C[C@@H](CC)C1)C2. The van der Waals surface area contributed by atoms with Crippen molar-refractivity contribution in [3.63, 3.8) is 0 Å². The van der Waals surface area contributed by atoms with Gasteiger partial charge in [-0.1, -0.05) is 26.3 Å². The topological polar surface area (TPSA) is 26.3 Å². The van der Waals surface area contributed by atoms with Crippen LogP contribution in [-0.2, 0) is 9.53 Å². The summed E-state index contributed by atoms with van der Waals surface area (Å²) in [5, 5.41) is 0. The van der Waals surface area contributed by atoms with Crippen LogP contribution in [0.1, 0.15) is 58.8 Å². The minimum absolute atomic E-state index is 0.155. The lowest BCUT2D eigenvalue weighted by molar-refractivity contribution is -0.168. The molecule has 0 aromatic carbocycles. The predicted octanol–water partition coefficient (Wildman–Crippen LogP) is 3.85. The third kappa shape index (κ3) is 2.72. The summed E-state index contributed by atoms with van der Waals surface area (Å²) in [4.78, 5) is 11.8. The summed E-state index contributed by atoms with van der Waals surface area (Å²) in [5.41, 5.74) is 0.373. The predicted molar refractivity (Wildman–Crippen MR) is 68.6 cm³/mol. The highest BCUT2D eigenvalue weighted by atomic mass is 16.6. The molecule has 2 aliphatic carbocycles. The second-order valence-corrected chi connectivity index (χ2v) is 6.03. The van der Waals surface area contributed by atoms with Crippen LogP contribution in [0.15, 0.2) is 12.2 Å². The van der Waals surface area contributed by atoms with Crippen molar-refractivity contribution in [1.82, 2.24) is 0 Å². The number of carbonyl (C=O) groups excluding carboxylic acids is 1. The summed E-state index contributed by atoms with van der Waals surface area (Å²) in [6.45, 7) is 7.67. The van der Waals surface area contributed by atoms with Crippen molar-refractivity contribution >= 4 is 5.97 Å². The molecule has 2 bridgehead atoms. The van der Waals surface area contributed by atoms with E-state index in [-0.39, 0.29) is 11.6 Å². The largest absolute Gasteiger partial charge is 0.456 e. The summed E-state index contributed by atoms with van der Waals surface area (Å²) >= 11 is 0. The molecule has 3 atom stereocenters. The van der Waals surface area contributed by atoms with Gasteiger partial charge in [0.1, 0.15) is 5.60 Å². The van der Waals surface area contributed by atoms with Gasteiger partial charge in [0.05, 0.1) is 0 Å². The third-order valence-electron chi connectivity index (χ3n) is 4.47. The highest BCUT2D eigenvalue weighted by molar-refractivity contribution is 5.87. The summed E-state index contributed by atoms with van der Waals surface area (Å²) in [6.07, 6.45) is 8.29. The molecule has 2 nitrogen and oxygen atoms in total. The van der Waals surface area contributed by atoms with Gasteiger partial charge in [0, 0.05) is 5.57 Å². The first-order valence-electron chi connectivity index (χ1n) is 6.93. The molecule has 2 heteroatoms. The fourth-order valence-electron chi connectivity index (χ4n) is 3.64. The molecule has 0 N–H and O–H groups in total. The van der Waals surface area contributed by atoms with Gasteiger partial charge in [-0.2, -0.15) is 0 Å². The normalized spacial score (nSPS) is 36.4. The number of hydrogen-bond donors (Lipinski definition) is 0. The molecule has 0 aliphatic heterocycles. The third-order valence-corrected chi connectivity index (χ3v) is 4.47.